The monoisotopic (exact) mass is 333 g/mol. The number of carbonyl (C=O) groups is 1. The van der Waals surface area contributed by atoms with Gasteiger partial charge in [0.05, 0.1) is 30.4 Å². The van der Waals surface area contributed by atoms with E-state index >= 15 is 0 Å². The van der Waals surface area contributed by atoms with Gasteiger partial charge < -0.3 is 14.8 Å². The van der Waals surface area contributed by atoms with Crippen molar-refractivity contribution in [3.05, 3.63) is 40.4 Å². The molecule has 0 saturated carbocycles. The molecule has 0 radical (unpaired) electrons. The van der Waals surface area contributed by atoms with Gasteiger partial charge in [0.2, 0.25) is 5.91 Å². The first kappa shape index (κ1) is 18.1. The molecule has 0 fully saturated rings. The molecule has 1 amide bonds. The molecule has 1 N–H and O–H groups in total. The molecule has 2 aromatic rings. The molecule has 1 aromatic heterocycles. The second-order valence-electron chi connectivity index (χ2n) is 5.46. The number of aromatic nitrogens is 2. The van der Waals surface area contributed by atoms with Crippen molar-refractivity contribution < 1.29 is 14.3 Å². The van der Waals surface area contributed by atoms with E-state index in [-0.39, 0.29) is 18.0 Å². The van der Waals surface area contributed by atoms with Crippen LogP contribution in [0.5, 0.6) is 0 Å². The van der Waals surface area contributed by atoms with Crippen LogP contribution >= 0.6 is 0 Å². The van der Waals surface area contributed by atoms with Crippen LogP contribution in [0.1, 0.15) is 12.0 Å². The summed E-state index contributed by atoms with van der Waals surface area (Å²) >= 11 is 0. The molecule has 130 valence electrons. The average molecular weight is 333 g/mol. The fourth-order valence-corrected chi connectivity index (χ4v) is 2.31. The van der Waals surface area contributed by atoms with E-state index in [2.05, 4.69) is 10.3 Å². The highest BCUT2D eigenvalue weighted by Crippen LogP contribution is 2.10. The average Bonchev–Trinajstić information content (AvgIpc) is 2.57. The number of rotatable bonds is 9. The minimum Gasteiger partial charge on any atom is -0.382 e. The maximum absolute atomic E-state index is 12.4. The molecule has 24 heavy (non-hydrogen) atoms. The van der Waals surface area contributed by atoms with Gasteiger partial charge in [0.1, 0.15) is 6.54 Å². The van der Waals surface area contributed by atoms with Crippen molar-refractivity contribution in [3.63, 3.8) is 0 Å². The van der Waals surface area contributed by atoms with Gasteiger partial charge in [0.25, 0.3) is 5.56 Å². The van der Waals surface area contributed by atoms with E-state index in [0.29, 0.717) is 43.7 Å². The lowest BCUT2D eigenvalue weighted by atomic mass is 10.1. The summed E-state index contributed by atoms with van der Waals surface area (Å²) in [6, 6.07) is 5.44. The van der Waals surface area contributed by atoms with E-state index in [9.17, 15) is 9.59 Å². The van der Waals surface area contributed by atoms with Crippen LogP contribution in [0.3, 0.4) is 0 Å². The first-order chi connectivity index (χ1) is 11.6. The highest BCUT2D eigenvalue weighted by molar-refractivity contribution is 5.81. The first-order valence-electron chi connectivity index (χ1n) is 7.91. The van der Waals surface area contributed by atoms with Crippen LogP contribution in [0.25, 0.3) is 10.9 Å². The number of ether oxygens (including phenoxy) is 2. The largest absolute Gasteiger partial charge is 0.382 e. The Balaban J connectivity index is 1.85. The smallest absolute Gasteiger partial charge is 0.261 e. The maximum Gasteiger partial charge on any atom is 0.261 e. The fraction of sp³-hybridized carbons (Fsp3) is 0.471. The molecule has 0 atom stereocenters. The molecule has 0 bridgehead atoms. The fourth-order valence-electron chi connectivity index (χ4n) is 2.31. The van der Waals surface area contributed by atoms with E-state index in [1.165, 1.54) is 10.9 Å². The van der Waals surface area contributed by atoms with Crippen molar-refractivity contribution in [3.8, 4) is 0 Å². The third-order valence-corrected chi connectivity index (χ3v) is 3.59. The van der Waals surface area contributed by atoms with Gasteiger partial charge in [-0.15, -0.1) is 0 Å². The Morgan fingerprint density at radius 3 is 2.92 bits per heavy atom. The van der Waals surface area contributed by atoms with Crippen molar-refractivity contribution >= 4 is 16.8 Å². The topological polar surface area (TPSA) is 82.4 Å². The normalized spacial score (nSPS) is 10.9. The zero-order valence-electron chi connectivity index (χ0n) is 14.1. The summed E-state index contributed by atoms with van der Waals surface area (Å²) in [5, 5.41) is 3.30. The van der Waals surface area contributed by atoms with Crippen LogP contribution < -0.4 is 10.9 Å². The minimum atomic E-state index is -0.220. The second kappa shape index (κ2) is 9.14. The number of para-hydroxylation sites is 1. The number of benzene rings is 1. The van der Waals surface area contributed by atoms with Gasteiger partial charge in [0.15, 0.2) is 0 Å². The minimum absolute atomic E-state index is 0.0414. The Labute approximate surface area is 140 Å². The Hall–Kier alpha value is -2.25. The zero-order chi connectivity index (χ0) is 17.4. The summed E-state index contributed by atoms with van der Waals surface area (Å²) in [6.45, 7) is 4.02. The molecule has 2 rings (SSSR count). The zero-order valence-corrected chi connectivity index (χ0v) is 14.1. The summed E-state index contributed by atoms with van der Waals surface area (Å²) in [7, 11) is 1.62. The van der Waals surface area contributed by atoms with Crippen LogP contribution in [0, 0.1) is 6.92 Å². The maximum atomic E-state index is 12.4. The van der Waals surface area contributed by atoms with Crippen LogP contribution in [0.4, 0.5) is 0 Å². The molecule has 1 aromatic carbocycles. The number of hydrogen-bond acceptors (Lipinski definition) is 5. The third-order valence-electron chi connectivity index (χ3n) is 3.59. The van der Waals surface area contributed by atoms with Gasteiger partial charge in [-0.2, -0.15) is 0 Å². The number of aryl methyl sites for hydroxylation is 1. The number of nitrogens with one attached hydrogen (secondary N) is 1. The van der Waals surface area contributed by atoms with E-state index in [0.717, 1.165) is 5.56 Å². The Kier molecular flexibility index (Phi) is 6.89. The molecule has 0 saturated heterocycles. The number of fused-ring (bicyclic) bond motifs is 1. The van der Waals surface area contributed by atoms with Gasteiger partial charge in [-0.3, -0.25) is 14.2 Å². The molecule has 1 heterocycles. The van der Waals surface area contributed by atoms with Gasteiger partial charge in [-0.25, -0.2) is 4.98 Å². The molecular formula is C17H23N3O4. The Morgan fingerprint density at radius 2 is 2.12 bits per heavy atom. The molecule has 0 aliphatic carbocycles. The molecule has 0 spiro atoms. The van der Waals surface area contributed by atoms with Gasteiger partial charge in [-0.05, 0) is 25.0 Å². The van der Waals surface area contributed by atoms with Crippen LogP contribution in [0.15, 0.2) is 29.3 Å². The van der Waals surface area contributed by atoms with E-state index in [1.807, 2.05) is 19.1 Å². The predicted molar refractivity (Wildman–Crippen MR) is 91.1 cm³/mol. The lowest BCUT2D eigenvalue weighted by Gasteiger charge is -2.09. The first-order valence-corrected chi connectivity index (χ1v) is 7.91. The number of amides is 1. The molecule has 0 aliphatic heterocycles. The summed E-state index contributed by atoms with van der Waals surface area (Å²) in [4.78, 5) is 28.6. The standard InChI is InChI=1S/C17H23N3O4/c1-13-5-3-6-14-16(13)19-12-20(17(14)22)11-15(21)18-7-4-8-24-10-9-23-2/h3,5-6,12H,4,7-11H2,1-2H3,(H,18,21). The highest BCUT2D eigenvalue weighted by atomic mass is 16.5. The molecule has 0 aliphatic rings. The van der Waals surface area contributed by atoms with Gasteiger partial charge in [-0.1, -0.05) is 12.1 Å². The summed E-state index contributed by atoms with van der Waals surface area (Å²) in [5.41, 5.74) is 1.41. The number of nitrogens with zero attached hydrogens (tertiary/aromatic N) is 2. The predicted octanol–water partition coefficient (Wildman–Crippen LogP) is 0.874. The Morgan fingerprint density at radius 1 is 1.29 bits per heavy atom. The van der Waals surface area contributed by atoms with Gasteiger partial charge >= 0.3 is 0 Å². The van der Waals surface area contributed by atoms with E-state index in [1.54, 1.807) is 13.2 Å². The number of methoxy groups -OCH3 is 1. The SMILES string of the molecule is COCCOCCCNC(=O)Cn1cnc2c(C)cccc2c1=O. The van der Waals surface area contributed by atoms with Crippen LogP contribution in [-0.2, 0) is 20.8 Å². The third kappa shape index (κ3) is 4.87. The molecular weight excluding hydrogens is 310 g/mol. The van der Waals surface area contributed by atoms with E-state index < -0.39 is 0 Å². The second-order valence-corrected chi connectivity index (χ2v) is 5.46. The van der Waals surface area contributed by atoms with Crippen LogP contribution in [0.2, 0.25) is 0 Å². The molecule has 0 unspecified atom stereocenters. The number of carbonyl (C=O) groups excluding carboxylic acids is 1. The molecule has 7 nitrogen and oxygen atoms in total. The quantitative estimate of drug-likeness (QED) is 0.689. The van der Waals surface area contributed by atoms with Crippen molar-refractivity contribution in [1.29, 1.82) is 0 Å². The number of hydrogen-bond donors (Lipinski definition) is 1. The van der Waals surface area contributed by atoms with Crippen molar-refractivity contribution in [1.82, 2.24) is 14.9 Å². The van der Waals surface area contributed by atoms with Gasteiger partial charge in [0, 0.05) is 20.3 Å². The Bertz CT molecular complexity index is 742. The van der Waals surface area contributed by atoms with Crippen molar-refractivity contribution in [2.24, 2.45) is 0 Å². The van der Waals surface area contributed by atoms with E-state index in [4.69, 9.17) is 9.47 Å². The van der Waals surface area contributed by atoms with Crippen molar-refractivity contribution in [2.45, 2.75) is 19.9 Å². The van der Waals surface area contributed by atoms with Crippen molar-refractivity contribution in [2.75, 3.05) is 33.5 Å². The highest BCUT2D eigenvalue weighted by Gasteiger charge is 2.08. The summed E-state index contributed by atoms with van der Waals surface area (Å²) < 4.78 is 11.5. The lowest BCUT2D eigenvalue weighted by Crippen LogP contribution is -2.33. The van der Waals surface area contributed by atoms with Crippen LogP contribution in [-0.4, -0.2) is 48.9 Å². The summed E-state index contributed by atoms with van der Waals surface area (Å²) in [6.07, 6.45) is 2.13. The molecule has 7 heteroatoms. The lowest BCUT2D eigenvalue weighted by molar-refractivity contribution is -0.121. The summed E-state index contributed by atoms with van der Waals surface area (Å²) in [5.74, 6) is -0.220.